The molecule has 9 heteroatoms. The van der Waals surface area contributed by atoms with Gasteiger partial charge in [0.05, 0.1) is 0 Å². The van der Waals surface area contributed by atoms with Crippen molar-refractivity contribution in [2.45, 2.75) is 50.4 Å². The van der Waals surface area contributed by atoms with Crippen molar-refractivity contribution < 1.29 is 22.8 Å². The number of nitrogens with one attached hydrogen (secondary N) is 1. The number of nitrogens with zero attached hydrogens (tertiary/aromatic N) is 1. The van der Waals surface area contributed by atoms with E-state index >= 15 is 0 Å². The minimum Gasteiger partial charge on any atom is -0.351 e. The van der Waals surface area contributed by atoms with E-state index < -0.39 is 24.0 Å². The van der Waals surface area contributed by atoms with Crippen LogP contribution < -0.4 is 5.32 Å². The summed E-state index contributed by atoms with van der Waals surface area (Å²) in [5.74, 6) is -2.59. The molecule has 1 aliphatic rings. The molecular formula is C21H22ClF3N2O2S. The van der Waals surface area contributed by atoms with Crippen molar-refractivity contribution in [3.63, 3.8) is 0 Å². The van der Waals surface area contributed by atoms with Gasteiger partial charge in [0, 0.05) is 22.5 Å². The van der Waals surface area contributed by atoms with Gasteiger partial charge >= 0.3 is 12.1 Å². The molecule has 30 heavy (non-hydrogen) atoms. The van der Waals surface area contributed by atoms with Crippen LogP contribution in [0.2, 0.25) is 5.02 Å². The van der Waals surface area contributed by atoms with Crippen LogP contribution in [-0.2, 0) is 16.0 Å². The van der Waals surface area contributed by atoms with E-state index in [1.165, 1.54) is 0 Å². The first-order valence-corrected chi connectivity index (χ1v) is 11.0. The maximum atomic E-state index is 13.4. The van der Waals surface area contributed by atoms with E-state index in [0.29, 0.717) is 14.8 Å². The zero-order chi connectivity index (χ0) is 21.7. The van der Waals surface area contributed by atoms with Gasteiger partial charge in [-0.15, -0.1) is 11.3 Å². The zero-order valence-corrected chi connectivity index (χ0v) is 17.7. The van der Waals surface area contributed by atoms with Crippen LogP contribution in [0, 0.1) is 0 Å². The number of carbonyl (C=O) groups excluding carboxylic acids is 2. The molecule has 2 amide bonds. The lowest BCUT2D eigenvalue weighted by molar-refractivity contribution is -0.188. The van der Waals surface area contributed by atoms with Crippen molar-refractivity contribution >= 4 is 34.8 Å². The van der Waals surface area contributed by atoms with E-state index in [1.54, 1.807) is 41.8 Å². The highest BCUT2D eigenvalue weighted by Gasteiger charge is 2.46. The number of rotatable bonds is 7. The Morgan fingerprint density at radius 1 is 1.17 bits per heavy atom. The van der Waals surface area contributed by atoms with E-state index in [4.69, 9.17) is 11.6 Å². The van der Waals surface area contributed by atoms with Gasteiger partial charge < -0.3 is 10.2 Å². The summed E-state index contributed by atoms with van der Waals surface area (Å²) in [5, 5.41) is 5.04. The minimum absolute atomic E-state index is 0.0703. The number of alkyl halides is 3. The molecule has 1 saturated carbocycles. The van der Waals surface area contributed by atoms with Crippen LogP contribution in [0.25, 0.3) is 0 Å². The van der Waals surface area contributed by atoms with Gasteiger partial charge in [-0.25, -0.2) is 0 Å². The Morgan fingerprint density at radius 3 is 2.40 bits per heavy atom. The molecule has 0 spiro atoms. The fraction of sp³-hybridized carbons (Fsp3) is 0.429. The van der Waals surface area contributed by atoms with Crippen molar-refractivity contribution in [2.75, 3.05) is 6.54 Å². The van der Waals surface area contributed by atoms with Crippen molar-refractivity contribution in [3.05, 3.63) is 57.2 Å². The number of carbonyl (C=O) groups is 2. The molecule has 0 saturated heterocycles. The van der Waals surface area contributed by atoms with E-state index in [0.717, 1.165) is 42.6 Å². The first kappa shape index (κ1) is 22.6. The van der Waals surface area contributed by atoms with Gasteiger partial charge in [-0.05, 0) is 48.4 Å². The summed E-state index contributed by atoms with van der Waals surface area (Å²) in [6.45, 7) is -0.249. The molecule has 1 aromatic heterocycles. The highest BCUT2D eigenvalue weighted by atomic mass is 35.5. The van der Waals surface area contributed by atoms with Gasteiger partial charge in [0.25, 0.3) is 0 Å². The fourth-order valence-electron chi connectivity index (χ4n) is 3.63. The maximum Gasteiger partial charge on any atom is 0.471 e. The molecular weight excluding hydrogens is 437 g/mol. The molecule has 1 heterocycles. The number of hydrogen-bond acceptors (Lipinski definition) is 3. The van der Waals surface area contributed by atoms with E-state index in [-0.39, 0.29) is 19.0 Å². The normalized spacial score (nSPS) is 15.7. The number of halogens is 4. The molecule has 1 fully saturated rings. The third kappa shape index (κ3) is 5.76. The van der Waals surface area contributed by atoms with E-state index in [1.807, 2.05) is 0 Å². The maximum absolute atomic E-state index is 13.4. The second-order valence-electron chi connectivity index (χ2n) is 7.28. The standard InChI is InChI=1S/C21H22ClF3N2O2S/c22-15-9-7-14(8-10-15)11-12-27(20(29)21(23,24)25)18(17-6-3-13-30-17)19(28)26-16-4-1-2-5-16/h3,6-10,13,16,18H,1-2,4-5,11-12H2,(H,26,28). The van der Waals surface area contributed by atoms with Crippen LogP contribution in [0.3, 0.4) is 0 Å². The lowest BCUT2D eigenvalue weighted by atomic mass is 10.1. The number of hydrogen-bond donors (Lipinski definition) is 1. The fourth-order valence-corrected chi connectivity index (χ4v) is 4.59. The van der Waals surface area contributed by atoms with Crippen LogP contribution in [0.4, 0.5) is 13.2 Å². The van der Waals surface area contributed by atoms with Crippen LogP contribution in [0.1, 0.15) is 42.2 Å². The van der Waals surface area contributed by atoms with Crippen molar-refractivity contribution in [2.24, 2.45) is 0 Å². The van der Waals surface area contributed by atoms with Gasteiger partial charge in [-0.3, -0.25) is 9.59 Å². The first-order valence-electron chi connectivity index (χ1n) is 9.71. The van der Waals surface area contributed by atoms with E-state index in [2.05, 4.69) is 5.32 Å². The van der Waals surface area contributed by atoms with Crippen molar-refractivity contribution in [1.29, 1.82) is 0 Å². The summed E-state index contributed by atoms with van der Waals surface area (Å²) in [4.78, 5) is 26.4. The average molecular weight is 459 g/mol. The zero-order valence-electron chi connectivity index (χ0n) is 16.1. The predicted octanol–water partition coefficient (Wildman–Crippen LogP) is 5.14. The average Bonchev–Trinajstić information content (AvgIpc) is 3.39. The summed E-state index contributed by atoms with van der Waals surface area (Å²) in [6.07, 6.45) is -1.39. The SMILES string of the molecule is O=C(NC1CCCC1)C(c1cccs1)N(CCc1ccc(Cl)cc1)C(=O)C(F)(F)F. The highest BCUT2D eigenvalue weighted by molar-refractivity contribution is 7.10. The second kappa shape index (κ2) is 9.83. The Bertz CT molecular complexity index is 850. The molecule has 0 aliphatic heterocycles. The Balaban J connectivity index is 1.88. The molecule has 0 radical (unpaired) electrons. The number of benzene rings is 1. The van der Waals surface area contributed by atoms with Gasteiger partial charge in [-0.2, -0.15) is 13.2 Å². The minimum atomic E-state index is -5.08. The van der Waals surface area contributed by atoms with Crippen LogP contribution >= 0.6 is 22.9 Å². The lowest BCUT2D eigenvalue weighted by Gasteiger charge is -2.32. The Kier molecular flexibility index (Phi) is 7.41. The molecule has 4 nitrogen and oxygen atoms in total. The summed E-state index contributed by atoms with van der Waals surface area (Å²) >= 11 is 7.02. The second-order valence-corrected chi connectivity index (χ2v) is 8.70. The number of thiophene rings is 1. The molecule has 1 N–H and O–H groups in total. The Hall–Kier alpha value is -2.06. The lowest BCUT2D eigenvalue weighted by Crippen LogP contribution is -2.50. The van der Waals surface area contributed by atoms with Crippen LogP contribution in [0.15, 0.2) is 41.8 Å². The van der Waals surface area contributed by atoms with Gasteiger partial charge in [0.1, 0.15) is 6.04 Å². The predicted molar refractivity (Wildman–Crippen MR) is 110 cm³/mol. The van der Waals surface area contributed by atoms with E-state index in [9.17, 15) is 22.8 Å². The third-order valence-electron chi connectivity index (χ3n) is 5.13. The smallest absolute Gasteiger partial charge is 0.351 e. The quantitative estimate of drug-likeness (QED) is 0.625. The summed E-state index contributed by atoms with van der Waals surface area (Å²) in [7, 11) is 0. The van der Waals surface area contributed by atoms with Crippen molar-refractivity contribution in [1.82, 2.24) is 10.2 Å². The summed E-state index contributed by atoms with van der Waals surface area (Å²) in [6, 6.07) is 8.50. The molecule has 1 atom stereocenters. The molecule has 1 aromatic carbocycles. The number of amides is 2. The highest BCUT2D eigenvalue weighted by Crippen LogP contribution is 2.31. The monoisotopic (exact) mass is 458 g/mol. The Morgan fingerprint density at radius 2 is 1.83 bits per heavy atom. The van der Waals surface area contributed by atoms with Crippen LogP contribution in [-0.4, -0.2) is 35.5 Å². The summed E-state index contributed by atoms with van der Waals surface area (Å²) in [5.41, 5.74) is 0.723. The van der Waals surface area contributed by atoms with Crippen LogP contribution in [0.5, 0.6) is 0 Å². The molecule has 162 valence electrons. The molecule has 3 rings (SSSR count). The molecule has 2 aromatic rings. The van der Waals surface area contributed by atoms with Crippen molar-refractivity contribution in [3.8, 4) is 0 Å². The third-order valence-corrected chi connectivity index (χ3v) is 6.31. The van der Waals surface area contributed by atoms with Gasteiger partial charge in [-0.1, -0.05) is 42.6 Å². The first-order chi connectivity index (χ1) is 14.3. The molecule has 0 bridgehead atoms. The van der Waals surface area contributed by atoms with Gasteiger partial charge in [0.2, 0.25) is 5.91 Å². The molecule has 1 aliphatic carbocycles. The largest absolute Gasteiger partial charge is 0.471 e. The summed E-state index contributed by atoms with van der Waals surface area (Å²) < 4.78 is 40.2. The Labute approximate surface area is 182 Å². The molecule has 1 unspecified atom stereocenters. The van der Waals surface area contributed by atoms with Gasteiger partial charge in [0.15, 0.2) is 0 Å². The topological polar surface area (TPSA) is 49.4 Å².